The minimum absolute atomic E-state index is 0.183. The van der Waals surface area contributed by atoms with Gasteiger partial charge in [-0.2, -0.15) is 0 Å². The third-order valence-corrected chi connectivity index (χ3v) is 3.34. The molecule has 2 aromatic heterocycles. The van der Waals surface area contributed by atoms with Crippen LogP contribution in [0.5, 0.6) is 0 Å². The highest BCUT2D eigenvalue weighted by Crippen LogP contribution is 2.39. The molecule has 0 saturated heterocycles. The van der Waals surface area contributed by atoms with Crippen molar-refractivity contribution < 1.29 is 4.39 Å². The highest BCUT2D eigenvalue weighted by Gasteiger charge is 2.26. The molecule has 3 rings (SSSR count). The smallest absolute Gasteiger partial charge is 0.153 e. The van der Waals surface area contributed by atoms with Crippen molar-refractivity contribution in [3.63, 3.8) is 0 Å². The molecule has 72 valence electrons. The van der Waals surface area contributed by atoms with E-state index in [1.807, 2.05) is 28.8 Å². The Morgan fingerprint density at radius 2 is 2.21 bits per heavy atom. The monoisotopic (exact) mass is 302 g/mol. The third-order valence-electron chi connectivity index (χ3n) is 2.51. The molecule has 0 aromatic carbocycles. The molecule has 0 aliphatic heterocycles. The first-order valence-electron chi connectivity index (χ1n) is 4.58. The lowest BCUT2D eigenvalue weighted by molar-refractivity contribution is 0.611. The minimum atomic E-state index is -0.183. The average Bonchev–Trinajstić information content (AvgIpc) is 2.90. The SMILES string of the molecule is Fc1cn2cc(C3CC3)nc2cc1I. The molecule has 1 aliphatic carbocycles. The van der Waals surface area contributed by atoms with Crippen LogP contribution in [0.15, 0.2) is 18.5 Å². The zero-order valence-electron chi connectivity index (χ0n) is 7.37. The van der Waals surface area contributed by atoms with Crippen LogP contribution in [0.25, 0.3) is 5.65 Å². The lowest BCUT2D eigenvalue weighted by Gasteiger charge is -1.95. The predicted octanol–water partition coefficient (Wildman–Crippen LogP) is 2.96. The van der Waals surface area contributed by atoms with Gasteiger partial charge in [-0.15, -0.1) is 0 Å². The summed E-state index contributed by atoms with van der Waals surface area (Å²) in [6.45, 7) is 0. The number of halogens is 2. The molecule has 4 heteroatoms. The molecule has 0 bridgehead atoms. The van der Waals surface area contributed by atoms with Crippen LogP contribution in [0, 0.1) is 9.39 Å². The Hall–Kier alpha value is -0.650. The van der Waals surface area contributed by atoms with Crippen LogP contribution in [-0.2, 0) is 0 Å². The Kier molecular flexibility index (Phi) is 1.80. The van der Waals surface area contributed by atoms with E-state index in [0.29, 0.717) is 9.49 Å². The standard InChI is InChI=1S/C10H8FIN2/c11-7-4-14-5-9(6-1-2-6)13-10(14)3-8(7)12/h3-6H,1-2H2. The van der Waals surface area contributed by atoms with Crippen molar-refractivity contribution >= 4 is 28.2 Å². The predicted molar refractivity (Wildman–Crippen MR) is 59.8 cm³/mol. The Morgan fingerprint density at radius 1 is 1.43 bits per heavy atom. The average molecular weight is 302 g/mol. The molecule has 1 fully saturated rings. The molecular formula is C10H8FIN2. The number of hydrogen-bond donors (Lipinski definition) is 0. The Labute approximate surface area is 94.3 Å². The van der Waals surface area contributed by atoms with Crippen molar-refractivity contribution in [1.82, 2.24) is 9.38 Å². The number of hydrogen-bond acceptors (Lipinski definition) is 1. The summed E-state index contributed by atoms with van der Waals surface area (Å²) >= 11 is 1.99. The van der Waals surface area contributed by atoms with Crippen LogP contribution < -0.4 is 0 Å². The van der Waals surface area contributed by atoms with E-state index in [9.17, 15) is 4.39 Å². The van der Waals surface area contributed by atoms with E-state index in [1.54, 1.807) is 10.5 Å². The van der Waals surface area contributed by atoms with Gasteiger partial charge in [0.05, 0.1) is 9.26 Å². The maximum absolute atomic E-state index is 13.2. The van der Waals surface area contributed by atoms with E-state index >= 15 is 0 Å². The molecule has 0 spiro atoms. The van der Waals surface area contributed by atoms with Gasteiger partial charge in [-0.1, -0.05) is 0 Å². The topological polar surface area (TPSA) is 17.3 Å². The molecule has 0 amide bonds. The van der Waals surface area contributed by atoms with E-state index in [1.165, 1.54) is 19.0 Å². The minimum Gasteiger partial charge on any atom is -0.304 e. The maximum atomic E-state index is 13.2. The number of rotatable bonds is 1. The Balaban J connectivity index is 2.22. The van der Waals surface area contributed by atoms with Crippen molar-refractivity contribution in [3.05, 3.63) is 33.5 Å². The summed E-state index contributed by atoms with van der Waals surface area (Å²) in [5, 5.41) is 0. The number of nitrogens with zero attached hydrogens (tertiary/aromatic N) is 2. The van der Waals surface area contributed by atoms with Crippen LogP contribution in [0.1, 0.15) is 24.5 Å². The molecule has 0 N–H and O–H groups in total. The summed E-state index contributed by atoms with van der Waals surface area (Å²) in [5.41, 5.74) is 1.95. The number of fused-ring (bicyclic) bond motifs is 1. The molecule has 1 saturated carbocycles. The first-order valence-corrected chi connectivity index (χ1v) is 5.65. The first-order chi connectivity index (χ1) is 6.74. The van der Waals surface area contributed by atoms with Gasteiger partial charge in [0.25, 0.3) is 0 Å². The lowest BCUT2D eigenvalue weighted by atomic mass is 10.3. The normalized spacial score (nSPS) is 16.4. The third kappa shape index (κ3) is 1.32. The van der Waals surface area contributed by atoms with Gasteiger partial charge in [0.15, 0.2) is 5.82 Å². The Morgan fingerprint density at radius 3 is 2.93 bits per heavy atom. The van der Waals surface area contributed by atoms with Crippen molar-refractivity contribution in [2.24, 2.45) is 0 Å². The zero-order chi connectivity index (χ0) is 9.71. The van der Waals surface area contributed by atoms with Crippen LogP contribution >= 0.6 is 22.6 Å². The van der Waals surface area contributed by atoms with Crippen LogP contribution in [-0.4, -0.2) is 9.38 Å². The van der Waals surface area contributed by atoms with Crippen molar-refractivity contribution in [3.8, 4) is 0 Å². The van der Waals surface area contributed by atoms with Gasteiger partial charge in [0.1, 0.15) is 5.65 Å². The van der Waals surface area contributed by atoms with Gasteiger partial charge < -0.3 is 4.40 Å². The highest BCUT2D eigenvalue weighted by molar-refractivity contribution is 14.1. The Bertz CT molecular complexity index is 463. The summed E-state index contributed by atoms with van der Waals surface area (Å²) in [7, 11) is 0. The summed E-state index contributed by atoms with van der Waals surface area (Å²) in [6, 6.07) is 1.78. The van der Waals surface area contributed by atoms with E-state index < -0.39 is 0 Å². The molecule has 0 atom stereocenters. The summed E-state index contributed by atoms with van der Waals surface area (Å²) in [6.07, 6.45) is 5.88. The number of imidazole rings is 1. The molecule has 14 heavy (non-hydrogen) atoms. The van der Waals surface area contributed by atoms with Gasteiger partial charge in [-0.3, -0.25) is 0 Å². The molecular weight excluding hydrogens is 294 g/mol. The van der Waals surface area contributed by atoms with Crippen molar-refractivity contribution in [1.29, 1.82) is 0 Å². The summed E-state index contributed by atoms with van der Waals surface area (Å²) < 4.78 is 15.6. The van der Waals surface area contributed by atoms with Crippen molar-refractivity contribution in [2.75, 3.05) is 0 Å². The molecule has 2 heterocycles. The van der Waals surface area contributed by atoms with Crippen molar-refractivity contribution in [2.45, 2.75) is 18.8 Å². The summed E-state index contributed by atoms with van der Waals surface area (Å²) in [4.78, 5) is 4.47. The molecule has 2 nitrogen and oxygen atoms in total. The molecule has 0 radical (unpaired) electrons. The molecule has 1 aliphatic rings. The van der Waals surface area contributed by atoms with Gasteiger partial charge in [-0.25, -0.2) is 9.37 Å². The van der Waals surface area contributed by atoms with Gasteiger partial charge in [0, 0.05) is 18.3 Å². The fourth-order valence-electron chi connectivity index (χ4n) is 1.58. The van der Waals surface area contributed by atoms with Gasteiger partial charge >= 0.3 is 0 Å². The fourth-order valence-corrected chi connectivity index (χ4v) is 2.00. The molecule has 0 unspecified atom stereocenters. The number of pyridine rings is 1. The second kappa shape index (κ2) is 2.92. The van der Waals surface area contributed by atoms with Crippen LogP contribution in [0.2, 0.25) is 0 Å². The van der Waals surface area contributed by atoms with E-state index in [0.717, 1.165) is 11.3 Å². The first kappa shape index (κ1) is 8.64. The van der Waals surface area contributed by atoms with E-state index in [2.05, 4.69) is 4.98 Å². The quantitative estimate of drug-likeness (QED) is 0.740. The zero-order valence-corrected chi connectivity index (χ0v) is 9.53. The summed E-state index contributed by atoms with van der Waals surface area (Å²) in [5.74, 6) is 0.438. The van der Waals surface area contributed by atoms with E-state index in [-0.39, 0.29) is 5.82 Å². The number of aromatic nitrogens is 2. The van der Waals surface area contributed by atoms with Gasteiger partial charge in [0.2, 0.25) is 0 Å². The van der Waals surface area contributed by atoms with Crippen LogP contribution in [0.3, 0.4) is 0 Å². The maximum Gasteiger partial charge on any atom is 0.153 e. The van der Waals surface area contributed by atoms with Gasteiger partial charge in [-0.05, 0) is 41.5 Å². The second-order valence-corrected chi connectivity index (χ2v) is 4.84. The van der Waals surface area contributed by atoms with Crippen LogP contribution in [0.4, 0.5) is 4.39 Å². The molecule has 2 aromatic rings. The highest BCUT2D eigenvalue weighted by atomic mass is 127. The lowest BCUT2D eigenvalue weighted by Crippen LogP contribution is -1.88. The van der Waals surface area contributed by atoms with E-state index in [4.69, 9.17) is 0 Å². The largest absolute Gasteiger partial charge is 0.304 e. The second-order valence-electron chi connectivity index (χ2n) is 3.67. The fraction of sp³-hybridized carbons (Fsp3) is 0.300.